The van der Waals surface area contributed by atoms with Crippen molar-refractivity contribution >= 4 is 18.5 Å². The SMILES string of the molecule is Cc1cnn(CC(=O)NCCS)c1. The first-order chi connectivity index (χ1) is 6.22. The van der Waals surface area contributed by atoms with Crippen LogP contribution in [0.5, 0.6) is 0 Å². The molecule has 0 aliphatic carbocycles. The fourth-order valence-corrected chi connectivity index (χ4v) is 1.06. The number of nitrogens with one attached hydrogen (secondary N) is 1. The minimum Gasteiger partial charge on any atom is -0.354 e. The first-order valence-corrected chi connectivity index (χ1v) is 4.72. The highest BCUT2D eigenvalue weighted by molar-refractivity contribution is 7.80. The second kappa shape index (κ2) is 4.91. The van der Waals surface area contributed by atoms with Crippen LogP contribution in [-0.4, -0.2) is 28.0 Å². The summed E-state index contributed by atoms with van der Waals surface area (Å²) in [6, 6.07) is 0. The molecule has 0 atom stereocenters. The van der Waals surface area contributed by atoms with Crippen LogP contribution >= 0.6 is 12.6 Å². The second-order valence-electron chi connectivity index (χ2n) is 2.79. The van der Waals surface area contributed by atoms with Crippen LogP contribution in [0.3, 0.4) is 0 Å². The average Bonchev–Trinajstić information content (AvgIpc) is 2.48. The van der Waals surface area contributed by atoms with E-state index in [0.717, 1.165) is 5.56 Å². The Labute approximate surface area is 82.7 Å². The Morgan fingerprint density at radius 2 is 2.54 bits per heavy atom. The normalized spacial score (nSPS) is 10.0. The van der Waals surface area contributed by atoms with Gasteiger partial charge < -0.3 is 5.32 Å². The maximum Gasteiger partial charge on any atom is 0.241 e. The number of carbonyl (C=O) groups excluding carboxylic acids is 1. The van der Waals surface area contributed by atoms with Crippen molar-refractivity contribution in [3.63, 3.8) is 0 Å². The van der Waals surface area contributed by atoms with Crippen molar-refractivity contribution in [1.29, 1.82) is 0 Å². The van der Waals surface area contributed by atoms with Gasteiger partial charge in [0.1, 0.15) is 6.54 Å². The van der Waals surface area contributed by atoms with E-state index in [0.29, 0.717) is 12.3 Å². The first kappa shape index (κ1) is 10.1. The van der Waals surface area contributed by atoms with Gasteiger partial charge in [0.25, 0.3) is 0 Å². The van der Waals surface area contributed by atoms with Crippen molar-refractivity contribution in [2.45, 2.75) is 13.5 Å². The molecule has 0 saturated carbocycles. The summed E-state index contributed by atoms with van der Waals surface area (Å²) in [6.45, 7) is 2.82. The van der Waals surface area contributed by atoms with E-state index in [-0.39, 0.29) is 12.5 Å². The minimum atomic E-state index is -0.0304. The van der Waals surface area contributed by atoms with E-state index in [2.05, 4.69) is 23.0 Å². The largest absolute Gasteiger partial charge is 0.354 e. The number of carbonyl (C=O) groups is 1. The van der Waals surface area contributed by atoms with Crippen molar-refractivity contribution < 1.29 is 4.79 Å². The van der Waals surface area contributed by atoms with E-state index in [1.54, 1.807) is 10.9 Å². The summed E-state index contributed by atoms with van der Waals surface area (Å²) in [5.74, 6) is 0.626. The number of hydrogen-bond acceptors (Lipinski definition) is 3. The summed E-state index contributed by atoms with van der Waals surface area (Å²) in [6.07, 6.45) is 3.56. The molecule has 0 aromatic carbocycles. The van der Waals surface area contributed by atoms with E-state index in [1.165, 1.54) is 0 Å². The van der Waals surface area contributed by atoms with Gasteiger partial charge in [-0.3, -0.25) is 9.48 Å². The first-order valence-electron chi connectivity index (χ1n) is 4.09. The zero-order valence-corrected chi connectivity index (χ0v) is 8.42. The maximum absolute atomic E-state index is 11.2. The number of rotatable bonds is 4. The Balaban J connectivity index is 2.36. The smallest absolute Gasteiger partial charge is 0.241 e. The zero-order valence-electron chi connectivity index (χ0n) is 7.53. The molecule has 4 nitrogen and oxygen atoms in total. The molecular weight excluding hydrogens is 186 g/mol. The summed E-state index contributed by atoms with van der Waals surface area (Å²) in [5.41, 5.74) is 1.06. The Morgan fingerprint density at radius 1 is 1.77 bits per heavy atom. The molecule has 0 aliphatic rings. The third-order valence-electron chi connectivity index (χ3n) is 1.50. The second-order valence-corrected chi connectivity index (χ2v) is 3.24. The quantitative estimate of drug-likeness (QED) is 0.682. The molecule has 0 saturated heterocycles. The summed E-state index contributed by atoms with van der Waals surface area (Å²) < 4.78 is 1.61. The topological polar surface area (TPSA) is 46.9 Å². The number of nitrogens with zero attached hydrogens (tertiary/aromatic N) is 2. The van der Waals surface area contributed by atoms with Gasteiger partial charge in [-0.15, -0.1) is 0 Å². The summed E-state index contributed by atoms with van der Waals surface area (Å²) in [7, 11) is 0. The van der Waals surface area contributed by atoms with Crippen LogP contribution in [0.4, 0.5) is 0 Å². The van der Waals surface area contributed by atoms with Crippen LogP contribution in [-0.2, 0) is 11.3 Å². The third-order valence-corrected chi connectivity index (χ3v) is 1.73. The van der Waals surface area contributed by atoms with E-state index in [4.69, 9.17) is 0 Å². The highest BCUT2D eigenvalue weighted by atomic mass is 32.1. The summed E-state index contributed by atoms with van der Waals surface area (Å²) in [5, 5.41) is 6.71. The lowest BCUT2D eigenvalue weighted by molar-refractivity contribution is -0.121. The van der Waals surface area contributed by atoms with Gasteiger partial charge in [-0.2, -0.15) is 17.7 Å². The molecule has 0 aliphatic heterocycles. The molecule has 5 heteroatoms. The number of aryl methyl sites for hydroxylation is 1. The fraction of sp³-hybridized carbons (Fsp3) is 0.500. The third kappa shape index (κ3) is 3.50. The van der Waals surface area contributed by atoms with Gasteiger partial charge in [-0.1, -0.05) is 0 Å². The van der Waals surface area contributed by atoms with E-state index < -0.39 is 0 Å². The van der Waals surface area contributed by atoms with Crippen molar-refractivity contribution in [3.8, 4) is 0 Å². The lowest BCUT2D eigenvalue weighted by Crippen LogP contribution is -2.29. The van der Waals surface area contributed by atoms with E-state index in [9.17, 15) is 4.79 Å². The number of amides is 1. The predicted molar refractivity (Wildman–Crippen MR) is 53.8 cm³/mol. The predicted octanol–water partition coefficient (Wildman–Crippen LogP) is 0.238. The molecule has 1 aromatic heterocycles. The Hall–Kier alpha value is -0.970. The Kier molecular flexibility index (Phi) is 3.82. The van der Waals surface area contributed by atoms with Crippen molar-refractivity contribution in [1.82, 2.24) is 15.1 Å². The lowest BCUT2D eigenvalue weighted by Gasteiger charge is -2.02. The van der Waals surface area contributed by atoms with Gasteiger partial charge in [0.05, 0.1) is 6.20 Å². The molecule has 72 valence electrons. The zero-order chi connectivity index (χ0) is 9.68. The van der Waals surface area contributed by atoms with Gasteiger partial charge in [0.2, 0.25) is 5.91 Å². The molecule has 1 amide bonds. The monoisotopic (exact) mass is 199 g/mol. The molecule has 0 bridgehead atoms. The molecule has 1 aromatic rings. The van der Waals surface area contributed by atoms with Gasteiger partial charge >= 0.3 is 0 Å². The molecular formula is C8H13N3OS. The van der Waals surface area contributed by atoms with E-state index >= 15 is 0 Å². The average molecular weight is 199 g/mol. The van der Waals surface area contributed by atoms with Crippen LogP contribution in [0.15, 0.2) is 12.4 Å². The summed E-state index contributed by atoms with van der Waals surface area (Å²) >= 11 is 3.99. The lowest BCUT2D eigenvalue weighted by atomic mass is 10.4. The van der Waals surface area contributed by atoms with Gasteiger partial charge in [-0.25, -0.2) is 0 Å². The van der Waals surface area contributed by atoms with Crippen molar-refractivity contribution in [3.05, 3.63) is 18.0 Å². The van der Waals surface area contributed by atoms with Gasteiger partial charge in [0, 0.05) is 18.5 Å². The van der Waals surface area contributed by atoms with Crippen LogP contribution in [0.1, 0.15) is 5.56 Å². The summed E-state index contributed by atoms with van der Waals surface area (Å²) in [4.78, 5) is 11.2. The van der Waals surface area contributed by atoms with Crippen LogP contribution in [0.2, 0.25) is 0 Å². The standard InChI is InChI=1S/C8H13N3OS/c1-7-4-10-11(5-7)6-8(12)9-2-3-13/h4-5,13H,2-3,6H2,1H3,(H,9,12). The molecule has 0 spiro atoms. The molecule has 0 unspecified atom stereocenters. The minimum absolute atomic E-state index is 0.0304. The molecule has 0 fully saturated rings. The highest BCUT2D eigenvalue weighted by Crippen LogP contribution is 1.93. The number of aromatic nitrogens is 2. The molecule has 1 heterocycles. The Bertz CT molecular complexity index is 285. The number of hydrogen-bond donors (Lipinski definition) is 2. The highest BCUT2D eigenvalue weighted by Gasteiger charge is 2.01. The van der Waals surface area contributed by atoms with Gasteiger partial charge in [0.15, 0.2) is 0 Å². The maximum atomic E-state index is 11.2. The fourth-order valence-electron chi connectivity index (χ4n) is 0.952. The van der Waals surface area contributed by atoms with Gasteiger partial charge in [-0.05, 0) is 12.5 Å². The number of thiol groups is 1. The van der Waals surface area contributed by atoms with E-state index in [1.807, 2.05) is 13.1 Å². The molecule has 0 radical (unpaired) electrons. The van der Waals surface area contributed by atoms with Crippen LogP contribution in [0.25, 0.3) is 0 Å². The molecule has 1 rings (SSSR count). The van der Waals surface area contributed by atoms with Crippen LogP contribution < -0.4 is 5.32 Å². The van der Waals surface area contributed by atoms with Crippen LogP contribution in [0, 0.1) is 6.92 Å². The Morgan fingerprint density at radius 3 is 3.08 bits per heavy atom. The van der Waals surface area contributed by atoms with Crippen molar-refractivity contribution in [2.24, 2.45) is 0 Å². The molecule has 1 N–H and O–H groups in total. The van der Waals surface area contributed by atoms with Crippen molar-refractivity contribution in [2.75, 3.05) is 12.3 Å². The molecule has 13 heavy (non-hydrogen) atoms.